The minimum atomic E-state index is -1.02. The van der Waals surface area contributed by atoms with Crippen LogP contribution in [0.2, 0.25) is 0 Å². The first-order valence-electron chi connectivity index (χ1n) is 13.4. The first-order valence-corrected chi connectivity index (χ1v) is 13.4. The van der Waals surface area contributed by atoms with Crippen molar-refractivity contribution in [1.29, 1.82) is 0 Å². The van der Waals surface area contributed by atoms with Crippen molar-refractivity contribution in [1.82, 2.24) is 24.8 Å². The first-order chi connectivity index (χ1) is 20.7. The van der Waals surface area contributed by atoms with Gasteiger partial charge in [0.15, 0.2) is 11.2 Å². The van der Waals surface area contributed by atoms with Crippen molar-refractivity contribution in [2.24, 2.45) is 5.92 Å². The minimum absolute atomic E-state index is 0.0323. The van der Waals surface area contributed by atoms with E-state index in [0.717, 1.165) is 5.56 Å². The molecule has 226 valence electrons. The largest absolute Gasteiger partial charge is 0.461 e. The predicted octanol–water partition coefficient (Wildman–Crippen LogP) is 2.40. The lowest BCUT2D eigenvalue weighted by molar-refractivity contribution is -0.154. The number of hydrogen-bond donors (Lipinski definition) is 3. The number of nitrogens with one attached hydrogen (secondary N) is 2. The van der Waals surface area contributed by atoms with E-state index in [-0.39, 0.29) is 49.6 Å². The van der Waals surface area contributed by atoms with E-state index in [0.29, 0.717) is 5.56 Å². The fourth-order valence-corrected chi connectivity index (χ4v) is 3.88. The molecule has 1 unspecified atom stereocenters. The van der Waals surface area contributed by atoms with Crippen molar-refractivity contribution in [3.63, 3.8) is 0 Å². The number of aromatic nitrogens is 4. The van der Waals surface area contributed by atoms with Gasteiger partial charge in [-0.2, -0.15) is 4.98 Å². The van der Waals surface area contributed by atoms with Crippen LogP contribution >= 0.6 is 0 Å². The Bertz CT molecular complexity index is 1590. The van der Waals surface area contributed by atoms with Gasteiger partial charge >= 0.3 is 18.0 Å². The summed E-state index contributed by atoms with van der Waals surface area (Å²) in [5, 5.41) is 2.54. The average molecular weight is 593 g/mol. The van der Waals surface area contributed by atoms with E-state index in [1.54, 1.807) is 44.2 Å². The lowest BCUT2D eigenvalue weighted by Crippen LogP contribution is -2.46. The Labute approximate surface area is 246 Å². The van der Waals surface area contributed by atoms with Crippen molar-refractivity contribution in [2.45, 2.75) is 39.3 Å². The van der Waals surface area contributed by atoms with Crippen molar-refractivity contribution in [3.8, 4) is 0 Å². The maximum absolute atomic E-state index is 13.0. The minimum Gasteiger partial charge on any atom is -0.461 e. The topological polar surface area (TPSA) is 190 Å². The fourth-order valence-electron chi connectivity index (χ4n) is 3.88. The van der Waals surface area contributed by atoms with E-state index in [2.05, 4.69) is 20.3 Å². The molecule has 0 aliphatic rings. The standard InChI is InChI=1S/C29H32N6O8/c1-18(2)22(32-29(39)42-13-19-9-5-3-6-10-19)27(38)41-15-21(14-40-26(37)20-11-7-4-8-12-20)43-17-35-16-31-23-24(35)33-28(30)34-25(23)36/h3-12,16,18,21-22H,13-15,17H2,1-2H3,(H,32,39)(H3,30,33,34,36)/t21?,22-/m0/s1. The second kappa shape index (κ2) is 14.6. The van der Waals surface area contributed by atoms with Crippen LogP contribution < -0.4 is 16.6 Å². The van der Waals surface area contributed by atoms with Gasteiger partial charge in [0.05, 0.1) is 11.9 Å². The smallest absolute Gasteiger partial charge is 0.408 e. The Morgan fingerprint density at radius 3 is 2.35 bits per heavy atom. The number of nitrogens with zero attached hydrogens (tertiary/aromatic N) is 3. The number of H-pyrrole nitrogens is 1. The molecule has 14 heteroatoms. The number of carbonyl (C=O) groups excluding carboxylic acids is 3. The van der Waals surface area contributed by atoms with Gasteiger partial charge in [-0.1, -0.05) is 62.4 Å². The third-order valence-corrected chi connectivity index (χ3v) is 6.17. The van der Waals surface area contributed by atoms with Crippen LogP contribution in [0.1, 0.15) is 29.8 Å². The van der Waals surface area contributed by atoms with Crippen molar-refractivity contribution < 1.29 is 33.3 Å². The molecule has 2 aromatic carbocycles. The van der Waals surface area contributed by atoms with Gasteiger partial charge in [-0.05, 0) is 23.6 Å². The van der Waals surface area contributed by atoms with Gasteiger partial charge in [0.25, 0.3) is 5.56 Å². The van der Waals surface area contributed by atoms with Gasteiger partial charge < -0.3 is 30.0 Å². The molecule has 0 radical (unpaired) electrons. The number of carbonyl (C=O) groups is 3. The van der Waals surface area contributed by atoms with Crippen LogP contribution in [0, 0.1) is 5.92 Å². The van der Waals surface area contributed by atoms with Crippen LogP contribution in [0.25, 0.3) is 11.2 Å². The summed E-state index contributed by atoms with van der Waals surface area (Å²) in [5.41, 5.74) is 6.50. The normalized spacial score (nSPS) is 12.4. The van der Waals surface area contributed by atoms with E-state index in [1.165, 1.54) is 10.9 Å². The Hall–Kier alpha value is -5.24. The molecule has 0 saturated carbocycles. The SMILES string of the molecule is CC(C)[C@H](NC(=O)OCc1ccccc1)C(=O)OCC(COC(=O)c1ccccc1)OCn1cnc2c(=O)[nH]c(N)nc21. The van der Waals surface area contributed by atoms with E-state index >= 15 is 0 Å². The third-order valence-electron chi connectivity index (χ3n) is 6.17. The van der Waals surface area contributed by atoms with Gasteiger partial charge in [0.1, 0.15) is 38.7 Å². The quantitative estimate of drug-likeness (QED) is 0.153. The van der Waals surface area contributed by atoms with Crippen LogP contribution in [0.4, 0.5) is 10.7 Å². The molecule has 43 heavy (non-hydrogen) atoms. The van der Waals surface area contributed by atoms with Crippen LogP contribution in [-0.2, 0) is 37.1 Å². The predicted molar refractivity (Wildman–Crippen MR) is 154 cm³/mol. The second-order valence-electron chi connectivity index (χ2n) is 9.78. The Balaban J connectivity index is 1.39. The molecule has 14 nitrogen and oxygen atoms in total. The zero-order chi connectivity index (χ0) is 30.8. The summed E-state index contributed by atoms with van der Waals surface area (Å²) < 4.78 is 23.4. The van der Waals surface area contributed by atoms with Crippen LogP contribution in [-0.4, -0.2) is 62.9 Å². The number of alkyl carbamates (subject to hydrolysis) is 1. The first kappa shape index (κ1) is 30.7. The number of aromatic amines is 1. The number of benzene rings is 2. The highest BCUT2D eigenvalue weighted by Gasteiger charge is 2.28. The number of fused-ring (bicyclic) bond motifs is 1. The number of nitrogen functional groups attached to an aromatic ring is 1. The molecule has 0 aliphatic heterocycles. The summed E-state index contributed by atoms with van der Waals surface area (Å²) in [5.74, 6) is -1.77. The van der Waals surface area contributed by atoms with Crippen molar-refractivity contribution in [3.05, 3.63) is 88.5 Å². The van der Waals surface area contributed by atoms with Crippen LogP contribution in [0.3, 0.4) is 0 Å². The van der Waals surface area contributed by atoms with Crippen LogP contribution in [0.5, 0.6) is 0 Å². The number of hydrogen-bond acceptors (Lipinski definition) is 11. The zero-order valence-corrected chi connectivity index (χ0v) is 23.6. The maximum Gasteiger partial charge on any atom is 0.408 e. The molecule has 1 amide bonds. The van der Waals surface area contributed by atoms with Crippen molar-refractivity contribution >= 4 is 35.1 Å². The molecule has 0 fully saturated rings. The number of rotatable bonds is 13. The highest BCUT2D eigenvalue weighted by Crippen LogP contribution is 2.11. The molecule has 4 N–H and O–H groups in total. The molecule has 2 heterocycles. The maximum atomic E-state index is 13.0. The molecular formula is C29H32N6O8. The number of anilines is 1. The summed E-state index contributed by atoms with van der Waals surface area (Å²) in [4.78, 5) is 60.5. The molecule has 4 aromatic rings. The Morgan fingerprint density at radius 1 is 0.977 bits per heavy atom. The highest BCUT2D eigenvalue weighted by atomic mass is 16.6. The summed E-state index contributed by atoms with van der Waals surface area (Å²) in [7, 11) is 0. The van der Waals surface area contributed by atoms with Gasteiger partial charge in [0.2, 0.25) is 5.95 Å². The molecule has 0 saturated heterocycles. The fraction of sp³-hybridized carbons (Fsp3) is 0.310. The molecular weight excluding hydrogens is 560 g/mol. The number of ether oxygens (including phenoxy) is 4. The van der Waals surface area contributed by atoms with Crippen molar-refractivity contribution in [2.75, 3.05) is 18.9 Å². The average Bonchev–Trinajstić information content (AvgIpc) is 3.41. The number of esters is 2. The third kappa shape index (κ3) is 8.63. The lowest BCUT2D eigenvalue weighted by Gasteiger charge is -2.23. The molecule has 2 atom stereocenters. The summed E-state index contributed by atoms with van der Waals surface area (Å²) in [6.45, 7) is 2.73. The molecule has 2 aromatic heterocycles. The Morgan fingerprint density at radius 2 is 1.65 bits per heavy atom. The number of imidazole rings is 1. The number of nitrogens with two attached hydrogens (primary N) is 1. The summed E-state index contributed by atoms with van der Waals surface area (Å²) in [6.07, 6.45) is -0.380. The lowest BCUT2D eigenvalue weighted by atomic mass is 10.1. The zero-order valence-electron chi connectivity index (χ0n) is 23.6. The highest BCUT2D eigenvalue weighted by molar-refractivity contribution is 5.89. The Kier molecular flexibility index (Phi) is 10.4. The van der Waals surface area contributed by atoms with E-state index in [9.17, 15) is 19.2 Å². The van der Waals surface area contributed by atoms with Crippen LogP contribution in [0.15, 0.2) is 71.8 Å². The van der Waals surface area contributed by atoms with E-state index < -0.39 is 35.7 Å². The van der Waals surface area contributed by atoms with Gasteiger partial charge in [-0.25, -0.2) is 19.4 Å². The van der Waals surface area contributed by atoms with Gasteiger partial charge in [-0.15, -0.1) is 0 Å². The summed E-state index contributed by atoms with van der Waals surface area (Å²) in [6, 6.07) is 16.4. The molecule has 0 bridgehead atoms. The van der Waals surface area contributed by atoms with Gasteiger partial charge in [0, 0.05) is 0 Å². The monoisotopic (exact) mass is 592 g/mol. The molecule has 4 rings (SSSR count). The van der Waals surface area contributed by atoms with Gasteiger partial charge in [-0.3, -0.25) is 14.3 Å². The van der Waals surface area contributed by atoms with E-state index in [1.807, 2.05) is 30.3 Å². The second-order valence-corrected chi connectivity index (χ2v) is 9.78. The van der Waals surface area contributed by atoms with E-state index in [4.69, 9.17) is 24.7 Å². The summed E-state index contributed by atoms with van der Waals surface area (Å²) >= 11 is 0. The number of amides is 1. The molecule has 0 spiro atoms. The molecule has 0 aliphatic carbocycles.